The van der Waals surface area contributed by atoms with Gasteiger partial charge < -0.3 is 10.5 Å². The SMILES string of the molecule is CC(C)Cn1ncnc1COc1ccc(CC(C)N)cc1. The summed E-state index contributed by atoms with van der Waals surface area (Å²) >= 11 is 0. The topological polar surface area (TPSA) is 66.0 Å². The maximum Gasteiger partial charge on any atom is 0.164 e. The number of aromatic nitrogens is 3. The van der Waals surface area contributed by atoms with Crippen LogP contribution in [0.2, 0.25) is 0 Å². The van der Waals surface area contributed by atoms with E-state index in [1.54, 1.807) is 6.33 Å². The average molecular weight is 288 g/mol. The van der Waals surface area contributed by atoms with E-state index in [1.165, 1.54) is 5.56 Å². The lowest BCUT2D eigenvalue weighted by Crippen LogP contribution is -2.17. The fourth-order valence-electron chi connectivity index (χ4n) is 2.14. The van der Waals surface area contributed by atoms with Gasteiger partial charge in [0.05, 0.1) is 0 Å². The molecule has 0 saturated heterocycles. The molecule has 2 rings (SSSR count). The first-order valence-corrected chi connectivity index (χ1v) is 7.38. The third-order valence-corrected chi connectivity index (χ3v) is 3.08. The van der Waals surface area contributed by atoms with E-state index < -0.39 is 0 Å². The molecule has 1 atom stereocenters. The second-order valence-electron chi connectivity index (χ2n) is 5.87. The summed E-state index contributed by atoms with van der Waals surface area (Å²) in [4.78, 5) is 4.25. The normalized spacial score (nSPS) is 12.6. The largest absolute Gasteiger partial charge is 0.486 e. The molecule has 1 aromatic carbocycles. The molecule has 0 bridgehead atoms. The van der Waals surface area contributed by atoms with Crippen LogP contribution in [0.4, 0.5) is 0 Å². The summed E-state index contributed by atoms with van der Waals surface area (Å²) in [5, 5.41) is 4.23. The molecule has 0 aliphatic heterocycles. The van der Waals surface area contributed by atoms with Crippen molar-refractivity contribution in [3.8, 4) is 5.75 Å². The average Bonchev–Trinajstić information content (AvgIpc) is 2.84. The van der Waals surface area contributed by atoms with E-state index in [2.05, 4.69) is 36.1 Å². The molecule has 0 spiro atoms. The smallest absolute Gasteiger partial charge is 0.164 e. The van der Waals surface area contributed by atoms with Crippen LogP contribution in [-0.2, 0) is 19.6 Å². The number of rotatable bonds is 7. The molecule has 1 unspecified atom stereocenters. The van der Waals surface area contributed by atoms with Gasteiger partial charge in [-0.1, -0.05) is 26.0 Å². The van der Waals surface area contributed by atoms with Crippen LogP contribution in [0.25, 0.3) is 0 Å². The molecule has 5 nitrogen and oxygen atoms in total. The molecule has 1 heterocycles. The van der Waals surface area contributed by atoms with Crippen molar-refractivity contribution in [3.63, 3.8) is 0 Å². The highest BCUT2D eigenvalue weighted by atomic mass is 16.5. The Bertz CT molecular complexity index is 546. The molecule has 2 aromatic rings. The molecule has 0 saturated carbocycles. The third kappa shape index (κ3) is 4.86. The van der Waals surface area contributed by atoms with Crippen LogP contribution in [0.3, 0.4) is 0 Å². The Morgan fingerprint density at radius 1 is 1.19 bits per heavy atom. The Labute approximate surface area is 126 Å². The Morgan fingerprint density at radius 3 is 2.52 bits per heavy atom. The standard InChI is InChI=1S/C16H24N4O/c1-12(2)9-20-16(18-11-19-20)10-21-15-6-4-14(5-7-15)8-13(3)17/h4-7,11-13H,8-10,17H2,1-3H3. The molecule has 2 N–H and O–H groups in total. The van der Waals surface area contributed by atoms with Gasteiger partial charge in [-0.05, 0) is 37.0 Å². The lowest BCUT2D eigenvalue weighted by Gasteiger charge is -2.10. The molecule has 0 aliphatic rings. The first-order chi connectivity index (χ1) is 10.0. The van der Waals surface area contributed by atoms with Crippen molar-refractivity contribution in [2.75, 3.05) is 0 Å². The highest BCUT2D eigenvalue weighted by Crippen LogP contribution is 2.14. The van der Waals surface area contributed by atoms with Gasteiger partial charge in [-0.15, -0.1) is 0 Å². The van der Waals surface area contributed by atoms with Gasteiger partial charge in [0.1, 0.15) is 18.7 Å². The van der Waals surface area contributed by atoms with Gasteiger partial charge in [-0.2, -0.15) is 5.10 Å². The second kappa shape index (κ2) is 7.22. The van der Waals surface area contributed by atoms with Gasteiger partial charge >= 0.3 is 0 Å². The molecular weight excluding hydrogens is 264 g/mol. The van der Waals surface area contributed by atoms with E-state index in [1.807, 2.05) is 23.7 Å². The highest BCUT2D eigenvalue weighted by molar-refractivity contribution is 5.27. The van der Waals surface area contributed by atoms with Crippen molar-refractivity contribution in [3.05, 3.63) is 42.0 Å². The van der Waals surface area contributed by atoms with Crippen molar-refractivity contribution in [1.29, 1.82) is 0 Å². The van der Waals surface area contributed by atoms with Crippen LogP contribution in [0.1, 0.15) is 32.2 Å². The minimum absolute atomic E-state index is 0.173. The fraction of sp³-hybridized carbons (Fsp3) is 0.500. The molecule has 114 valence electrons. The Morgan fingerprint density at radius 2 is 1.90 bits per heavy atom. The monoisotopic (exact) mass is 288 g/mol. The Kier molecular flexibility index (Phi) is 5.33. The van der Waals surface area contributed by atoms with E-state index in [0.29, 0.717) is 12.5 Å². The van der Waals surface area contributed by atoms with Gasteiger partial charge in [-0.25, -0.2) is 9.67 Å². The summed E-state index contributed by atoms with van der Waals surface area (Å²) in [6, 6.07) is 8.22. The summed E-state index contributed by atoms with van der Waals surface area (Å²) in [6.45, 7) is 7.60. The summed E-state index contributed by atoms with van der Waals surface area (Å²) in [5.41, 5.74) is 7.01. The molecule has 0 radical (unpaired) electrons. The number of nitrogens with two attached hydrogens (primary N) is 1. The zero-order valence-electron chi connectivity index (χ0n) is 13.0. The van der Waals surface area contributed by atoms with Crippen molar-refractivity contribution < 1.29 is 4.74 Å². The zero-order chi connectivity index (χ0) is 15.2. The zero-order valence-corrected chi connectivity index (χ0v) is 13.0. The van der Waals surface area contributed by atoms with Crippen molar-refractivity contribution in [2.24, 2.45) is 11.7 Å². The molecule has 0 fully saturated rings. The molecule has 1 aromatic heterocycles. The van der Waals surface area contributed by atoms with Gasteiger partial charge in [0, 0.05) is 12.6 Å². The Hall–Kier alpha value is -1.88. The number of hydrogen-bond donors (Lipinski definition) is 1. The quantitative estimate of drug-likeness (QED) is 0.849. The Balaban J connectivity index is 1.92. The molecule has 0 amide bonds. The lowest BCUT2D eigenvalue weighted by molar-refractivity contribution is 0.282. The maximum atomic E-state index is 5.79. The molecule has 0 aliphatic carbocycles. The first kappa shape index (κ1) is 15.5. The van der Waals surface area contributed by atoms with Gasteiger partial charge in [0.15, 0.2) is 5.82 Å². The van der Waals surface area contributed by atoms with E-state index in [9.17, 15) is 0 Å². The number of nitrogens with zero attached hydrogens (tertiary/aromatic N) is 3. The lowest BCUT2D eigenvalue weighted by atomic mass is 10.1. The molecule has 21 heavy (non-hydrogen) atoms. The summed E-state index contributed by atoms with van der Waals surface area (Å²) < 4.78 is 7.68. The van der Waals surface area contributed by atoms with Crippen LogP contribution in [0, 0.1) is 5.92 Å². The highest BCUT2D eigenvalue weighted by Gasteiger charge is 2.07. The first-order valence-electron chi connectivity index (χ1n) is 7.38. The third-order valence-electron chi connectivity index (χ3n) is 3.08. The molecular formula is C16H24N4O. The minimum Gasteiger partial charge on any atom is -0.486 e. The minimum atomic E-state index is 0.173. The fourth-order valence-corrected chi connectivity index (χ4v) is 2.14. The summed E-state index contributed by atoms with van der Waals surface area (Å²) in [7, 11) is 0. The van der Waals surface area contributed by atoms with Crippen LogP contribution >= 0.6 is 0 Å². The molecule has 5 heteroatoms. The number of ether oxygens (including phenoxy) is 1. The van der Waals surface area contributed by atoms with Crippen LogP contribution in [0.15, 0.2) is 30.6 Å². The summed E-state index contributed by atoms with van der Waals surface area (Å²) in [6.07, 6.45) is 2.45. The van der Waals surface area contributed by atoms with Crippen molar-refractivity contribution in [2.45, 2.75) is 46.4 Å². The van der Waals surface area contributed by atoms with Crippen molar-refractivity contribution >= 4 is 0 Å². The van der Waals surface area contributed by atoms with E-state index >= 15 is 0 Å². The van der Waals surface area contributed by atoms with E-state index in [4.69, 9.17) is 10.5 Å². The van der Waals surface area contributed by atoms with E-state index in [-0.39, 0.29) is 6.04 Å². The van der Waals surface area contributed by atoms with Crippen molar-refractivity contribution in [1.82, 2.24) is 14.8 Å². The predicted molar refractivity (Wildman–Crippen MR) is 83.0 cm³/mol. The maximum absolute atomic E-state index is 5.79. The van der Waals surface area contributed by atoms with Crippen LogP contribution in [0.5, 0.6) is 5.75 Å². The number of hydrogen-bond acceptors (Lipinski definition) is 4. The summed E-state index contributed by atoms with van der Waals surface area (Å²) in [5.74, 6) is 2.22. The van der Waals surface area contributed by atoms with Gasteiger partial charge in [0.2, 0.25) is 0 Å². The van der Waals surface area contributed by atoms with E-state index in [0.717, 1.165) is 24.5 Å². The van der Waals surface area contributed by atoms with Gasteiger partial charge in [-0.3, -0.25) is 0 Å². The number of benzene rings is 1. The second-order valence-corrected chi connectivity index (χ2v) is 5.87. The van der Waals surface area contributed by atoms with Gasteiger partial charge in [0.25, 0.3) is 0 Å². The van der Waals surface area contributed by atoms with Crippen LogP contribution in [-0.4, -0.2) is 20.8 Å². The predicted octanol–water partition coefficient (Wildman–Crippen LogP) is 2.40. The van der Waals surface area contributed by atoms with Crippen LogP contribution < -0.4 is 10.5 Å².